The van der Waals surface area contributed by atoms with E-state index in [2.05, 4.69) is 4.40 Å². The highest BCUT2D eigenvalue weighted by Gasteiger charge is 2.53. The van der Waals surface area contributed by atoms with Crippen LogP contribution in [0.3, 0.4) is 0 Å². The van der Waals surface area contributed by atoms with E-state index in [0.717, 1.165) is 12.8 Å². The van der Waals surface area contributed by atoms with E-state index < -0.39 is 17.5 Å². The Hall–Kier alpha value is -0.750. The molecule has 0 radical (unpaired) electrons. The number of rotatable bonds is 2. The van der Waals surface area contributed by atoms with Gasteiger partial charge >= 0.3 is 6.09 Å². The third-order valence-corrected chi connectivity index (χ3v) is 4.97. The first-order chi connectivity index (χ1) is 8.22. The van der Waals surface area contributed by atoms with Gasteiger partial charge in [-0.2, -0.15) is 0 Å². The van der Waals surface area contributed by atoms with Crippen LogP contribution in [-0.2, 0) is 11.4 Å². The van der Waals surface area contributed by atoms with E-state index in [-0.39, 0.29) is 10.2 Å². The highest BCUT2D eigenvalue weighted by molar-refractivity contribution is 7.91. The van der Waals surface area contributed by atoms with Gasteiger partial charge in [0.2, 0.25) is 0 Å². The van der Waals surface area contributed by atoms with Gasteiger partial charge in [0.25, 0.3) is 0 Å². The number of hydrogen-bond donors (Lipinski definition) is 1. The fraction of sp³-hybridized carbons (Fsp3) is 0.833. The summed E-state index contributed by atoms with van der Waals surface area (Å²) in [6, 6.07) is 0. The first-order valence-electron chi connectivity index (χ1n) is 6.16. The molecule has 18 heavy (non-hydrogen) atoms. The second-order valence-electron chi connectivity index (χ2n) is 6.42. The van der Waals surface area contributed by atoms with Crippen molar-refractivity contribution in [1.82, 2.24) is 4.90 Å². The molecule has 1 saturated heterocycles. The summed E-state index contributed by atoms with van der Waals surface area (Å²) in [6.07, 6.45) is 2.92. The van der Waals surface area contributed by atoms with Crippen LogP contribution in [0.4, 0.5) is 4.79 Å². The minimum absolute atomic E-state index is 0.193. The lowest BCUT2D eigenvalue weighted by molar-refractivity contribution is -0.0608. The number of amides is 1. The van der Waals surface area contributed by atoms with E-state index in [0.29, 0.717) is 19.0 Å². The maximum absolute atomic E-state index is 11.7. The summed E-state index contributed by atoms with van der Waals surface area (Å²) in [4.78, 5) is 12.1. The average Bonchev–Trinajstić information content (AvgIpc) is 2.09. The average molecular weight is 272 g/mol. The van der Waals surface area contributed by atoms with Gasteiger partial charge in [-0.25, -0.2) is 4.79 Å². The molecule has 0 aromatic rings. The molecule has 102 valence electrons. The van der Waals surface area contributed by atoms with Crippen molar-refractivity contribution >= 4 is 23.7 Å². The van der Waals surface area contributed by atoms with Gasteiger partial charge in [0.1, 0.15) is 16.1 Å². The topological polar surface area (TPSA) is 76.0 Å². The molecule has 1 atom stereocenters. The smallest absolute Gasteiger partial charge is 0.407 e. The molecule has 1 aliphatic carbocycles. The van der Waals surface area contributed by atoms with E-state index in [4.69, 9.17) is 5.11 Å². The molecule has 2 fully saturated rings. The molecule has 5 nitrogen and oxygen atoms in total. The molecule has 0 aromatic carbocycles. The van der Waals surface area contributed by atoms with Crippen LogP contribution >= 0.6 is 0 Å². The minimum Gasteiger partial charge on any atom is -0.591 e. The molecule has 1 amide bonds. The Morgan fingerprint density at radius 2 is 2.06 bits per heavy atom. The molecule has 1 heterocycles. The van der Waals surface area contributed by atoms with Gasteiger partial charge in [0.15, 0.2) is 0 Å². The molecule has 1 saturated carbocycles. The minimum atomic E-state index is -1.18. The van der Waals surface area contributed by atoms with E-state index in [1.807, 2.05) is 20.8 Å². The number of carboxylic acid groups (broad SMARTS) is 1. The van der Waals surface area contributed by atoms with Crippen molar-refractivity contribution in [2.45, 2.75) is 38.4 Å². The molecule has 2 aliphatic rings. The highest BCUT2D eigenvalue weighted by Crippen LogP contribution is 2.51. The lowest BCUT2D eigenvalue weighted by Gasteiger charge is -2.57. The Kier molecular flexibility index (Phi) is 3.36. The Bertz CT molecular complexity index is 364. The molecule has 1 unspecified atom stereocenters. The van der Waals surface area contributed by atoms with E-state index in [9.17, 15) is 9.35 Å². The summed E-state index contributed by atoms with van der Waals surface area (Å²) in [5.41, 5.74) is 0.193. The molecule has 1 N–H and O–H groups in total. The van der Waals surface area contributed by atoms with Gasteiger partial charge < -0.3 is 14.6 Å². The van der Waals surface area contributed by atoms with Crippen molar-refractivity contribution < 1.29 is 14.5 Å². The van der Waals surface area contributed by atoms with Gasteiger partial charge in [-0.05, 0) is 33.6 Å². The summed E-state index contributed by atoms with van der Waals surface area (Å²) < 4.78 is 15.5. The second-order valence-corrected chi connectivity index (χ2v) is 8.36. The lowest BCUT2D eigenvalue weighted by Crippen LogP contribution is -2.63. The number of nitrogens with zero attached hydrogens (tertiary/aromatic N) is 2. The molecule has 0 bridgehead atoms. The van der Waals surface area contributed by atoms with Crippen LogP contribution in [0, 0.1) is 11.3 Å². The van der Waals surface area contributed by atoms with Crippen molar-refractivity contribution in [1.29, 1.82) is 0 Å². The van der Waals surface area contributed by atoms with E-state index in [1.54, 1.807) is 6.21 Å². The van der Waals surface area contributed by atoms with E-state index in [1.165, 1.54) is 4.90 Å². The molecule has 1 aliphatic heterocycles. The predicted octanol–water partition coefficient (Wildman–Crippen LogP) is 1.91. The van der Waals surface area contributed by atoms with Crippen molar-refractivity contribution in [2.24, 2.45) is 15.7 Å². The van der Waals surface area contributed by atoms with Gasteiger partial charge in [0.05, 0.1) is 6.21 Å². The van der Waals surface area contributed by atoms with Gasteiger partial charge in [-0.3, -0.25) is 0 Å². The standard InChI is InChI=1S/C12H20N2O3S/c1-11(2,3)18(17)13-6-9-4-12(5-9)7-14(8-12)10(15)16/h6,9H,4-5,7-8H2,1-3H3,(H,15,16)/b13-6+. The maximum Gasteiger partial charge on any atom is 0.407 e. The van der Waals surface area contributed by atoms with Crippen molar-refractivity contribution in [2.75, 3.05) is 13.1 Å². The summed E-state index contributed by atoms with van der Waals surface area (Å²) in [5.74, 6) is 0.368. The monoisotopic (exact) mass is 272 g/mol. The maximum atomic E-state index is 11.7. The van der Waals surface area contributed by atoms with Crippen LogP contribution in [0.1, 0.15) is 33.6 Å². The number of carbonyl (C=O) groups is 1. The van der Waals surface area contributed by atoms with Crippen molar-refractivity contribution in [3.05, 3.63) is 0 Å². The largest absolute Gasteiger partial charge is 0.591 e. The van der Waals surface area contributed by atoms with Crippen LogP contribution in [0.25, 0.3) is 0 Å². The lowest BCUT2D eigenvalue weighted by atomic mass is 9.58. The van der Waals surface area contributed by atoms with Gasteiger partial charge in [-0.1, -0.05) is 4.40 Å². The summed E-state index contributed by atoms with van der Waals surface area (Å²) in [5, 5.41) is 8.78. The Labute approximate surface area is 111 Å². The molecule has 1 spiro atoms. The molecular formula is C12H20N2O3S. The fourth-order valence-corrected chi connectivity index (χ4v) is 3.21. The zero-order valence-corrected chi connectivity index (χ0v) is 11.9. The zero-order chi connectivity index (χ0) is 13.6. The van der Waals surface area contributed by atoms with Crippen LogP contribution < -0.4 is 0 Å². The first-order valence-corrected chi connectivity index (χ1v) is 7.27. The molecule has 6 heteroatoms. The van der Waals surface area contributed by atoms with Gasteiger partial charge in [-0.15, -0.1) is 0 Å². The van der Waals surface area contributed by atoms with E-state index >= 15 is 0 Å². The molecule has 2 rings (SSSR count). The highest BCUT2D eigenvalue weighted by atomic mass is 32.2. The Morgan fingerprint density at radius 1 is 1.50 bits per heavy atom. The quantitative estimate of drug-likeness (QED) is 0.616. The Balaban J connectivity index is 1.75. The van der Waals surface area contributed by atoms with Crippen molar-refractivity contribution in [3.63, 3.8) is 0 Å². The SMILES string of the molecule is CC(C)(C)[S+]([O-])/N=C/C1CC2(C1)CN(C(=O)O)C2. The zero-order valence-electron chi connectivity index (χ0n) is 11.0. The van der Waals surface area contributed by atoms with Crippen LogP contribution in [0.15, 0.2) is 4.40 Å². The molecular weight excluding hydrogens is 252 g/mol. The van der Waals surface area contributed by atoms with Crippen LogP contribution in [0.5, 0.6) is 0 Å². The summed E-state index contributed by atoms with van der Waals surface area (Å²) in [7, 11) is 0. The van der Waals surface area contributed by atoms with Crippen LogP contribution in [0.2, 0.25) is 0 Å². The second kappa shape index (κ2) is 4.42. The third kappa shape index (κ3) is 2.64. The summed E-state index contributed by atoms with van der Waals surface area (Å²) in [6.45, 7) is 7.00. The molecule has 0 aromatic heterocycles. The third-order valence-electron chi connectivity index (χ3n) is 3.60. The summed E-state index contributed by atoms with van der Waals surface area (Å²) >= 11 is -1.18. The van der Waals surface area contributed by atoms with Crippen molar-refractivity contribution in [3.8, 4) is 0 Å². The predicted molar refractivity (Wildman–Crippen MR) is 71.1 cm³/mol. The van der Waals surface area contributed by atoms with Gasteiger partial charge in [0, 0.05) is 24.4 Å². The van der Waals surface area contributed by atoms with Crippen LogP contribution in [-0.4, -0.2) is 44.7 Å². The first kappa shape index (κ1) is 13.7. The number of hydrogen-bond acceptors (Lipinski definition) is 3. The fourth-order valence-electron chi connectivity index (χ4n) is 2.61. The normalized spacial score (nSPS) is 25.0. The number of likely N-dealkylation sites (tertiary alicyclic amines) is 1. The Morgan fingerprint density at radius 3 is 2.50 bits per heavy atom.